The summed E-state index contributed by atoms with van der Waals surface area (Å²) in [6.45, 7) is 0. The maximum absolute atomic E-state index is 9.50. The van der Waals surface area contributed by atoms with E-state index in [9.17, 15) is 4.79 Å². The second kappa shape index (κ2) is 1.61. The molecule has 0 fully saturated rings. The van der Waals surface area contributed by atoms with Gasteiger partial charge >= 0.3 is 6.09 Å². The smallest absolute Gasteiger partial charge is 0.421 e. The van der Waals surface area contributed by atoms with Crippen LogP contribution in [-0.4, -0.2) is 23.3 Å². The molecule has 36 valence electrons. The van der Waals surface area contributed by atoms with Crippen LogP contribution < -0.4 is 5.84 Å². The molecule has 0 atom stereocenters. The fourth-order valence-electron chi connectivity index (χ4n) is 0. The molecule has 6 heavy (non-hydrogen) atoms. The topological polar surface area (TPSA) is 66.6 Å². The van der Waals surface area contributed by atoms with Crippen molar-refractivity contribution in [3.63, 3.8) is 0 Å². The van der Waals surface area contributed by atoms with Gasteiger partial charge in [-0.3, -0.25) is 0 Å². The Kier molecular flexibility index (Phi) is 1.41. The lowest BCUT2D eigenvalue weighted by Gasteiger charge is -1.99. The van der Waals surface area contributed by atoms with Gasteiger partial charge in [0.25, 0.3) is 0 Å². The Hall–Kier alpha value is -0.770. The number of hydrogen-bond donors (Lipinski definition) is 2. The summed E-state index contributed by atoms with van der Waals surface area (Å²) in [7, 11) is 1.25. The van der Waals surface area contributed by atoms with Crippen LogP contribution in [0.3, 0.4) is 0 Å². The number of nitrogens with two attached hydrogens (primary N) is 1. The van der Waals surface area contributed by atoms with Gasteiger partial charge in [-0.25, -0.2) is 15.6 Å². The van der Waals surface area contributed by atoms with Crippen molar-refractivity contribution in [2.24, 2.45) is 5.84 Å². The van der Waals surface area contributed by atoms with Gasteiger partial charge in [0.2, 0.25) is 0 Å². The Morgan fingerprint density at radius 3 is 2.17 bits per heavy atom. The molecule has 0 bridgehead atoms. The predicted octanol–water partition coefficient (Wildman–Crippen LogP) is -0.530. The van der Waals surface area contributed by atoms with Crippen molar-refractivity contribution in [3.05, 3.63) is 0 Å². The van der Waals surface area contributed by atoms with Gasteiger partial charge in [-0.2, -0.15) is 0 Å². The number of hydrazine groups is 1. The zero-order valence-corrected chi connectivity index (χ0v) is 3.38. The minimum absolute atomic E-state index is 0.583. The molecule has 0 aliphatic rings. The SMILES string of the molecule is CN(N)C(=O)O. The molecule has 0 aromatic rings. The first-order valence-corrected chi connectivity index (χ1v) is 1.36. The lowest BCUT2D eigenvalue weighted by molar-refractivity contribution is 0.156. The Labute approximate surface area is 35.1 Å². The van der Waals surface area contributed by atoms with Crippen LogP contribution in [0, 0.1) is 0 Å². The van der Waals surface area contributed by atoms with Gasteiger partial charge in [-0.1, -0.05) is 0 Å². The summed E-state index contributed by atoms with van der Waals surface area (Å²) in [5.41, 5.74) is 0. The van der Waals surface area contributed by atoms with Gasteiger partial charge in [-0.05, 0) is 0 Å². The van der Waals surface area contributed by atoms with Crippen LogP contribution in [0.4, 0.5) is 4.79 Å². The lowest BCUT2D eigenvalue weighted by atomic mass is 11.1. The third-order valence-electron chi connectivity index (χ3n) is 0.302. The highest BCUT2D eigenvalue weighted by atomic mass is 16.4. The number of amides is 1. The third kappa shape index (κ3) is 1.54. The van der Waals surface area contributed by atoms with Crippen LogP contribution in [-0.2, 0) is 0 Å². The summed E-state index contributed by atoms with van der Waals surface area (Å²) in [6.07, 6.45) is -1.13. The second-order valence-corrected chi connectivity index (χ2v) is 0.893. The fraction of sp³-hybridized carbons (Fsp3) is 0.500. The number of carboxylic acid groups (broad SMARTS) is 1. The summed E-state index contributed by atoms with van der Waals surface area (Å²) in [6, 6.07) is 0. The predicted molar refractivity (Wildman–Crippen MR) is 20.0 cm³/mol. The minimum Gasteiger partial charge on any atom is -0.464 e. The first kappa shape index (κ1) is 5.23. The highest BCUT2D eigenvalue weighted by Crippen LogP contribution is 1.64. The van der Waals surface area contributed by atoms with Crippen LogP contribution in [0.1, 0.15) is 0 Å². The zero-order valence-electron chi connectivity index (χ0n) is 3.38. The molecule has 1 amide bonds. The third-order valence-corrected chi connectivity index (χ3v) is 0.302. The van der Waals surface area contributed by atoms with E-state index in [4.69, 9.17) is 5.11 Å². The van der Waals surface area contributed by atoms with Gasteiger partial charge in [0.15, 0.2) is 0 Å². The largest absolute Gasteiger partial charge is 0.464 e. The van der Waals surface area contributed by atoms with Crippen molar-refractivity contribution in [2.45, 2.75) is 0 Å². The van der Waals surface area contributed by atoms with E-state index < -0.39 is 6.09 Å². The van der Waals surface area contributed by atoms with E-state index in [0.717, 1.165) is 0 Å². The molecule has 0 saturated heterocycles. The molecule has 0 aromatic carbocycles. The van der Waals surface area contributed by atoms with E-state index >= 15 is 0 Å². The van der Waals surface area contributed by atoms with Crippen LogP contribution in [0.5, 0.6) is 0 Å². The molecule has 0 radical (unpaired) electrons. The molecule has 3 N–H and O–H groups in total. The minimum atomic E-state index is -1.13. The van der Waals surface area contributed by atoms with Gasteiger partial charge in [0, 0.05) is 7.05 Å². The first-order chi connectivity index (χ1) is 2.64. The number of hydrogen-bond acceptors (Lipinski definition) is 2. The van der Waals surface area contributed by atoms with E-state index in [2.05, 4.69) is 5.84 Å². The molecule has 4 heteroatoms. The number of rotatable bonds is 0. The number of nitrogens with zero attached hydrogens (tertiary/aromatic N) is 1. The van der Waals surface area contributed by atoms with Gasteiger partial charge < -0.3 is 5.11 Å². The summed E-state index contributed by atoms with van der Waals surface area (Å²) in [5, 5.41) is 8.38. The van der Waals surface area contributed by atoms with Crippen LogP contribution >= 0.6 is 0 Å². The van der Waals surface area contributed by atoms with Crippen molar-refractivity contribution in [1.29, 1.82) is 0 Å². The summed E-state index contributed by atoms with van der Waals surface area (Å²) in [5.74, 6) is 4.67. The molecule has 0 aliphatic heterocycles. The average molecular weight is 90.1 g/mol. The molecule has 0 saturated carbocycles. The molecule has 0 spiro atoms. The molecule has 0 aliphatic carbocycles. The van der Waals surface area contributed by atoms with Crippen LogP contribution in [0.2, 0.25) is 0 Å². The first-order valence-electron chi connectivity index (χ1n) is 1.36. The van der Waals surface area contributed by atoms with Crippen molar-refractivity contribution in [1.82, 2.24) is 5.01 Å². The summed E-state index contributed by atoms with van der Waals surface area (Å²) < 4.78 is 0. The Balaban J connectivity index is 3.26. The molecule has 4 nitrogen and oxygen atoms in total. The Morgan fingerprint density at radius 1 is 2.00 bits per heavy atom. The molecule has 0 aromatic heterocycles. The van der Waals surface area contributed by atoms with Crippen molar-refractivity contribution >= 4 is 6.09 Å². The molecular weight excluding hydrogens is 84.0 g/mol. The average Bonchev–Trinajstić information content (AvgIpc) is 1.36. The summed E-state index contributed by atoms with van der Waals surface area (Å²) >= 11 is 0. The molecule has 0 unspecified atom stereocenters. The van der Waals surface area contributed by atoms with Crippen molar-refractivity contribution in [3.8, 4) is 0 Å². The van der Waals surface area contributed by atoms with Crippen molar-refractivity contribution < 1.29 is 9.90 Å². The summed E-state index contributed by atoms with van der Waals surface area (Å²) in [4.78, 5) is 9.50. The molecule has 0 heterocycles. The standard InChI is InChI=1S/C2H6N2O2/c1-4(3)2(5)6/h3H2,1H3,(H,5,6). The van der Waals surface area contributed by atoms with E-state index in [1.807, 2.05) is 0 Å². The van der Waals surface area contributed by atoms with Crippen molar-refractivity contribution in [2.75, 3.05) is 7.05 Å². The molecular formula is C2H6N2O2. The maximum atomic E-state index is 9.50. The quantitative estimate of drug-likeness (QED) is 0.239. The van der Waals surface area contributed by atoms with Gasteiger partial charge in [0.1, 0.15) is 0 Å². The highest BCUT2D eigenvalue weighted by Gasteiger charge is 1.92. The van der Waals surface area contributed by atoms with Gasteiger partial charge in [0.05, 0.1) is 0 Å². The molecule has 0 rings (SSSR count). The van der Waals surface area contributed by atoms with E-state index in [1.165, 1.54) is 7.05 Å². The van der Waals surface area contributed by atoms with Crippen LogP contribution in [0.15, 0.2) is 0 Å². The van der Waals surface area contributed by atoms with E-state index in [-0.39, 0.29) is 0 Å². The zero-order chi connectivity index (χ0) is 5.15. The van der Waals surface area contributed by atoms with E-state index in [0.29, 0.717) is 5.01 Å². The normalized spacial score (nSPS) is 7.67. The maximum Gasteiger partial charge on any atom is 0.421 e. The van der Waals surface area contributed by atoms with Crippen LogP contribution in [0.25, 0.3) is 0 Å². The Morgan fingerprint density at radius 2 is 2.17 bits per heavy atom. The second-order valence-electron chi connectivity index (χ2n) is 0.893. The highest BCUT2D eigenvalue weighted by molar-refractivity contribution is 5.63. The Bertz CT molecular complexity index is 60.6. The fourth-order valence-corrected chi connectivity index (χ4v) is 0. The number of carbonyl (C=O) groups is 1. The monoisotopic (exact) mass is 90.0 g/mol. The van der Waals surface area contributed by atoms with E-state index in [1.54, 1.807) is 0 Å². The lowest BCUT2D eigenvalue weighted by Crippen LogP contribution is -2.31. The van der Waals surface area contributed by atoms with Gasteiger partial charge in [-0.15, -0.1) is 0 Å².